The molecule has 0 N–H and O–H groups in total. The minimum absolute atomic E-state index is 0.0251. The van der Waals surface area contributed by atoms with E-state index in [1.165, 1.54) is 5.56 Å². The van der Waals surface area contributed by atoms with Gasteiger partial charge in [0.25, 0.3) is 5.78 Å². The average Bonchev–Trinajstić information content (AvgIpc) is 3.17. The number of fused-ring (bicyclic) bond motifs is 1. The van der Waals surface area contributed by atoms with Crippen molar-refractivity contribution < 1.29 is 9.53 Å². The number of hydrogen-bond donors (Lipinski definition) is 0. The van der Waals surface area contributed by atoms with Gasteiger partial charge in [-0.15, -0.1) is 0 Å². The quantitative estimate of drug-likeness (QED) is 0.635. The van der Waals surface area contributed by atoms with E-state index in [0.717, 1.165) is 49.4 Å². The van der Waals surface area contributed by atoms with Crippen molar-refractivity contribution in [3.8, 4) is 0 Å². The summed E-state index contributed by atoms with van der Waals surface area (Å²) < 4.78 is 7.04. The Hall–Kier alpha value is -2.96. The van der Waals surface area contributed by atoms with Gasteiger partial charge in [0, 0.05) is 30.8 Å². The lowest BCUT2D eigenvalue weighted by Gasteiger charge is -2.34. The van der Waals surface area contributed by atoms with Gasteiger partial charge in [0.15, 0.2) is 0 Å². The van der Waals surface area contributed by atoms with Crippen LogP contribution in [-0.4, -0.2) is 45.2 Å². The minimum atomic E-state index is -0.0801. The van der Waals surface area contributed by atoms with E-state index in [-0.39, 0.29) is 11.9 Å². The highest BCUT2D eigenvalue weighted by Gasteiger charge is 2.29. The highest BCUT2D eigenvalue weighted by Crippen LogP contribution is 2.30. The molecule has 1 aliphatic rings. The standard InChI is InChI=1S/C21H25N5O2/c1-3-28-20(27)17-9-11-25(12-10-17)19-18(13-16-7-5-4-6-8-16)15(2)24-21-22-14-23-26(19)21/h4-8,14,17H,3,9-13H2,1-2H3. The molecule has 3 aromatic rings. The molecule has 4 rings (SSSR count). The second-order valence-electron chi connectivity index (χ2n) is 7.15. The molecule has 1 aliphatic heterocycles. The normalized spacial score (nSPS) is 15.1. The molecule has 0 bridgehead atoms. The van der Waals surface area contributed by atoms with Gasteiger partial charge in [-0.05, 0) is 32.3 Å². The number of anilines is 1. The largest absolute Gasteiger partial charge is 0.466 e. The second kappa shape index (κ2) is 7.96. The van der Waals surface area contributed by atoms with E-state index in [4.69, 9.17) is 4.74 Å². The van der Waals surface area contributed by atoms with Crippen LogP contribution in [0.25, 0.3) is 5.78 Å². The van der Waals surface area contributed by atoms with Crippen molar-refractivity contribution in [3.63, 3.8) is 0 Å². The predicted octanol–water partition coefficient (Wildman–Crippen LogP) is 2.80. The third-order valence-corrected chi connectivity index (χ3v) is 5.34. The number of benzene rings is 1. The second-order valence-corrected chi connectivity index (χ2v) is 7.15. The van der Waals surface area contributed by atoms with Crippen LogP contribution in [0.4, 0.5) is 5.82 Å². The van der Waals surface area contributed by atoms with Gasteiger partial charge in [0.1, 0.15) is 12.1 Å². The van der Waals surface area contributed by atoms with Crippen molar-refractivity contribution in [3.05, 3.63) is 53.5 Å². The van der Waals surface area contributed by atoms with Crippen LogP contribution in [0.1, 0.15) is 36.6 Å². The Kier molecular flexibility index (Phi) is 5.23. The molecule has 2 aromatic heterocycles. The molecule has 0 amide bonds. The number of carbonyl (C=O) groups excluding carboxylic acids is 1. The summed E-state index contributed by atoms with van der Waals surface area (Å²) in [6.45, 7) is 5.88. The molecule has 146 valence electrons. The van der Waals surface area contributed by atoms with Crippen LogP contribution in [0, 0.1) is 12.8 Å². The number of carbonyl (C=O) groups is 1. The van der Waals surface area contributed by atoms with Crippen molar-refractivity contribution in [2.24, 2.45) is 5.92 Å². The topological polar surface area (TPSA) is 72.6 Å². The van der Waals surface area contributed by atoms with E-state index >= 15 is 0 Å². The number of piperidine rings is 1. The number of nitrogens with zero attached hydrogens (tertiary/aromatic N) is 5. The van der Waals surface area contributed by atoms with E-state index < -0.39 is 0 Å². The Morgan fingerprint density at radius 2 is 1.96 bits per heavy atom. The summed E-state index contributed by atoms with van der Waals surface area (Å²) in [5.74, 6) is 1.54. The van der Waals surface area contributed by atoms with E-state index in [0.29, 0.717) is 12.4 Å². The highest BCUT2D eigenvalue weighted by atomic mass is 16.5. The first-order chi connectivity index (χ1) is 13.7. The fraction of sp³-hybridized carbons (Fsp3) is 0.429. The summed E-state index contributed by atoms with van der Waals surface area (Å²) in [7, 11) is 0. The molecule has 0 unspecified atom stereocenters. The van der Waals surface area contributed by atoms with Crippen LogP contribution >= 0.6 is 0 Å². The average molecular weight is 379 g/mol. The van der Waals surface area contributed by atoms with Gasteiger partial charge in [-0.25, -0.2) is 4.98 Å². The van der Waals surface area contributed by atoms with Crippen LogP contribution in [0.5, 0.6) is 0 Å². The first kappa shape index (κ1) is 18.4. The van der Waals surface area contributed by atoms with E-state index in [2.05, 4.69) is 44.2 Å². The zero-order valence-corrected chi connectivity index (χ0v) is 16.3. The summed E-state index contributed by atoms with van der Waals surface area (Å²) in [6, 6.07) is 10.4. The smallest absolute Gasteiger partial charge is 0.309 e. The van der Waals surface area contributed by atoms with Crippen LogP contribution in [0.2, 0.25) is 0 Å². The first-order valence-corrected chi connectivity index (χ1v) is 9.82. The van der Waals surface area contributed by atoms with Crippen LogP contribution in [0.15, 0.2) is 36.7 Å². The first-order valence-electron chi connectivity index (χ1n) is 9.82. The molecule has 0 aliphatic carbocycles. The molecular formula is C21H25N5O2. The van der Waals surface area contributed by atoms with Crippen molar-refractivity contribution in [1.29, 1.82) is 0 Å². The van der Waals surface area contributed by atoms with E-state index in [1.807, 2.05) is 24.4 Å². The van der Waals surface area contributed by atoms with Crippen molar-refractivity contribution in [1.82, 2.24) is 19.6 Å². The Balaban J connectivity index is 1.67. The molecule has 7 nitrogen and oxygen atoms in total. The molecule has 28 heavy (non-hydrogen) atoms. The fourth-order valence-corrected chi connectivity index (χ4v) is 3.89. The number of ether oxygens (including phenoxy) is 1. The van der Waals surface area contributed by atoms with Crippen molar-refractivity contribution in [2.75, 3.05) is 24.6 Å². The predicted molar refractivity (Wildman–Crippen MR) is 106 cm³/mol. The number of esters is 1. The molecule has 1 aromatic carbocycles. The maximum absolute atomic E-state index is 12.1. The summed E-state index contributed by atoms with van der Waals surface area (Å²) in [6.07, 6.45) is 3.88. The molecule has 0 spiro atoms. The maximum Gasteiger partial charge on any atom is 0.309 e. The van der Waals surface area contributed by atoms with Crippen molar-refractivity contribution >= 4 is 17.6 Å². The lowest BCUT2D eigenvalue weighted by atomic mass is 9.96. The molecule has 0 radical (unpaired) electrons. The van der Waals surface area contributed by atoms with Crippen molar-refractivity contribution in [2.45, 2.75) is 33.1 Å². The third kappa shape index (κ3) is 3.56. The zero-order valence-electron chi connectivity index (χ0n) is 16.3. The van der Waals surface area contributed by atoms with Gasteiger partial charge >= 0.3 is 5.97 Å². The number of hydrogen-bond acceptors (Lipinski definition) is 6. The van der Waals surface area contributed by atoms with E-state index in [9.17, 15) is 4.79 Å². The Morgan fingerprint density at radius 1 is 1.21 bits per heavy atom. The van der Waals surface area contributed by atoms with Gasteiger partial charge in [0.05, 0.1) is 12.5 Å². The highest BCUT2D eigenvalue weighted by molar-refractivity contribution is 5.73. The molecule has 3 heterocycles. The molecule has 0 atom stereocenters. The monoisotopic (exact) mass is 379 g/mol. The van der Waals surface area contributed by atoms with Gasteiger partial charge < -0.3 is 9.64 Å². The Morgan fingerprint density at radius 3 is 2.68 bits per heavy atom. The SMILES string of the molecule is CCOC(=O)C1CCN(c2c(Cc3ccccc3)c(C)nc3ncnn23)CC1. The zero-order chi connectivity index (χ0) is 19.5. The summed E-state index contributed by atoms with van der Waals surface area (Å²) in [5, 5.41) is 4.43. The summed E-state index contributed by atoms with van der Waals surface area (Å²) in [5.41, 5.74) is 3.35. The molecule has 7 heteroatoms. The molecule has 0 saturated carbocycles. The number of rotatable bonds is 5. The van der Waals surface area contributed by atoms with Crippen LogP contribution in [0.3, 0.4) is 0 Å². The maximum atomic E-state index is 12.1. The third-order valence-electron chi connectivity index (χ3n) is 5.34. The summed E-state index contributed by atoms with van der Waals surface area (Å²) in [4.78, 5) is 23.3. The lowest BCUT2D eigenvalue weighted by molar-refractivity contribution is -0.148. The van der Waals surface area contributed by atoms with Crippen LogP contribution in [-0.2, 0) is 16.0 Å². The minimum Gasteiger partial charge on any atom is -0.466 e. The molecular weight excluding hydrogens is 354 g/mol. The summed E-state index contributed by atoms with van der Waals surface area (Å²) >= 11 is 0. The lowest BCUT2D eigenvalue weighted by Crippen LogP contribution is -2.38. The van der Waals surface area contributed by atoms with Gasteiger partial charge in [0.2, 0.25) is 0 Å². The van der Waals surface area contributed by atoms with Gasteiger partial charge in [-0.3, -0.25) is 4.79 Å². The van der Waals surface area contributed by atoms with E-state index in [1.54, 1.807) is 6.33 Å². The van der Waals surface area contributed by atoms with Gasteiger partial charge in [-0.2, -0.15) is 14.6 Å². The van der Waals surface area contributed by atoms with Gasteiger partial charge in [-0.1, -0.05) is 30.3 Å². The van der Waals surface area contributed by atoms with Crippen LogP contribution < -0.4 is 4.90 Å². The molecule has 1 saturated heterocycles. The number of aryl methyl sites for hydroxylation is 1. The Labute approximate surface area is 164 Å². The molecule has 1 fully saturated rings. The Bertz CT molecular complexity index is 962. The fourth-order valence-electron chi connectivity index (χ4n) is 3.89. The number of aromatic nitrogens is 4.